The van der Waals surface area contributed by atoms with Gasteiger partial charge in [0, 0.05) is 5.56 Å². The van der Waals surface area contributed by atoms with Gasteiger partial charge in [-0.15, -0.1) is 0 Å². The lowest BCUT2D eigenvalue weighted by Crippen LogP contribution is -1.80. The van der Waals surface area contributed by atoms with Crippen LogP contribution in [0, 0.1) is 6.92 Å². The van der Waals surface area contributed by atoms with Crippen LogP contribution in [0.25, 0.3) is 22.8 Å². The predicted molar refractivity (Wildman–Crippen MR) is 63.8 cm³/mol. The number of aromatic hydroxyl groups is 1. The van der Waals surface area contributed by atoms with E-state index >= 15 is 0 Å². The van der Waals surface area contributed by atoms with Crippen molar-refractivity contribution < 1.29 is 14.0 Å². The zero-order valence-corrected chi connectivity index (χ0v) is 9.62. The fourth-order valence-electron chi connectivity index (χ4n) is 1.67. The van der Waals surface area contributed by atoms with Gasteiger partial charge in [0.1, 0.15) is 11.5 Å². The van der Waals surface area contributed by atoms with E-state index in [0.717, 1.165) is 16.9 Å². The van der Waals surface area contributed by atoms with E-state index in [2.05, 4.69) is 10.1 Å². The number of rotatable bonds is 2. The van der Waals surface area contributed by atoms with Crippen LogP contribution >= 0.6 is 0 Å². The van der Waals surface area contributed by atoms with Crippen LogP contribution in [0.3, 0.4) is 0 Å². The highest BCUT2D eigenvalue weighted by molar-refractivity contribution is 5.61. The number of phenols is 1. The van der Waals surface area contributed by atoms with Gasteiger partial charge >= 0.3 is 0 Å². The molecule has 0 spiro atoms. The summed E-state index contributed by atoms with van der Waals surface area (Å²) < 4.78 is 10.4. The van der Waals surface area contributed by atoms with Crippen molar-refractivity contribution in [2.24, 2.45) is 0 Å². The monoisotopic (exact) mass is 242 g/mol. The smallest absolute Gasteiger partial charge is 0.258 e. The molecule has 0 bridgehead atoms. The highest BCUT2D eigenvalue weighted by Gasteiger charge is 2.13. The number of hydrogen-bond acceptors (Lipinski definition) is 5. The highest BCUT2D eigenvalue weighted by atomic mass is 16.5. The Morgan fingerprint density at radius 2 is 1.89 bits per heavy atom. The molecule has 2 aromatic heterocycles. The number of phenolic OH excluding ortho intramolecular Hbond substituents is 1. The van der Waals surface area contributed by atoms with Crippen molar-refractivity contribution in [3.05, 3.63) is 42.4 Å². The Balaban J connectivity index is 1.99. The first-order chi connectivity index (χ1) is 8.74. The molecule has 3 aromatic rings. The fourth-order valence-corrected chi connectivity index (χ4v) is 1.67. The molecule has 5 heteroatoms. The maximum atomic E-state index is 9.22. The summed E-state index contributed by atoms with van der Waals surface area (Å²) in [5.41, 5.74) is 1.57. The number of hydrogen-bond donors (Lipinski definition) is 1. The lowest BCUT2D eigenvalue weighted by molar-refractivity contribution is 0.432. The van der Waals surface area contributed by atoms with E-state index in [0.29, 0.717) is 11.7 Å². The molecule has 0 amide bonds. The van der Waals surface area contributed by atoms with Crippen molar-refractivity contribution in [3.63, 3.8) is 0 Å². The topological polar surface area (TPSA) is 72.3 Å². The van der Waals surface area contributed by atoms with Crippen LogP contribution in [0.4, 0.5) is 0 Å². The van der Waals surface area contributed by atoms with Crippen LogP contribution in [0.1, 0.15) is 5.76 Å². The third kappa shape index (κ3) is 1.75. The quantitative estimate of drug-likeness (QED) is 0.747. The van der Waals surface area contributed by atoms with E-state index in [1.807, 2.05) is 6.92 Å². The molecule has 0 fully saturated rings. The fraction of sp³-hybridized carbons (Fsp3) is 0.0769. The Labute approximate surface area is 103 Å². The van der Waals surface area contributed by atoms with Gasteiger partial charge in [-0.2, -0.15) is 4.98 Å². The lowest BCUT2D eigenvalue weighted by Gasteiger charge is -1.93. The van der Waals surface area contributed by atoms with Crippen molar-refractivity contribution >= 4 is 0 Å². The Kier molecular flexibility index (Phi) is 2.37. The van der Waals surface area contributed by atoms with Crippen LogP contribution in [-0.2, 0) is 0 Å². The second kappa shape index (κ2) is 4.03. The van der Waals surface area contributed by atoms with Crippen LogP contribution in [-0.4, -0.2) is 15.2 Å². The lowest BCUT2D eigenvalue weighted by atomic mass is 10.2. The molecule has 0 aliphatic heterocycles. The number of nitrogens with zero attached hydrogens (tertiary/aromatic N) is 2. The van der Waals surface area contributed by atoms with Crippen LogP contribution in [0.2, 0.25) is 0 Å². The van der Waals surface area contributed by atoms with Crippen LogP contribution in [0.15, 0.2) is 45.5 Å². The molecule has 0 unspecified atom stereocenters. The number of aromatic nitrogens is 2. The minimum atomic E-state index is 0.198. The van der Waals surface area contributed by atoms with Gasteiger partial charge in [0.15, 0.2) is 0 Å². The first-order valence-corrected chi connectivity index (χ1v) is 5.41. The Morgan fingerprint density at radius 3 is 2.56 bits per heavy atom. The second-order valence-corrected chi connectivity index (χ2v) is 3.86. The van der Waals surface area contributed by atoms with Crippen molar-refractivity contribution in [1.29, 1.82) is 0 Å². The first-order valence-electron chi connectivity index (χ1n) is 5.41. The van der Waals surface area contributed by atoms with E-state index in [9.17, 15) is 5.11 Å². The molecule has 0 saturated carbocycles. The summed E-state index contributed by atoms with van der Waals surface area (Å²) in [6.07, 6.45) is 1.58. The Hall–Kier alpha value is -2.56. The SMILES string of the molecule is Cc1occc1-c1noc(-c2ccc(O)cc2)n1. The molecule has 0 atom stereocenters. The predicted octanol–water partition coefficient (Wildman–Crippen LogP) is 3.01. The van der Waals surface area contributed by atoms with Crippen molar-refractivity contribution in [1.82, 2.24) is 10.1 Å². The van der Waals surface area contributed by atoms with E-state index in [1.165, 1.54) is 0 Å². The minimum Gasteiger partial charge on any atom is -0.508 e. The third-order valence-electron chi connectivity index (χ3n) is 2.64. The zero-order valence-electron chi connectivity index (χ0n) is 9.62. The normalized spacial score (nSPS) is 10.7. The summed E-state index contributed by atoms with van der Waals surface area (Å²) in [5, 5.41) is 13.1. The van der Waals surface area contributed by atoms with Gasteiger partial charge in [-0.3, -0.25) is 0 Å². The molecule has 0 aliphatic rings. The molecule has 0 radical (unpaired) electrons. The molecule has 1 aromatic carbocycles. The van der Waals surface area contributed by atoms with E-state index < -0.39 is 0 Å². The van der Waals surface area contributed by atoms with Gasteiger partial charge < -0.3 is 14.0 Å². The molecule has 3 rings (SSSR count). The third-order valence-corrected chi connectivity index (χ3v) is 2.64. The number of furan rings is 1. The number of aryl methyl sites for hydroxylation is 1. The Morgan fingerprint density at radius 1 is 1.11 bits per heavy atom. The minimum absolute atomic E-state index is 0.198. The summed E-state index contributed by atoms with van der Waals surface area (Å²) in [5.74, 6) is 1.84. The van der Waals surface area contributed by atoms with Crippen molar-refractivity contribution in [3.8, 4) is 28.6 Å². The molecular formula is C13H10N2O3. The van der Waals surface area contributed by atoms with Gasteiger partial charge in [-0.25, -0.2) is 0 Å². The molecule has 2 heterocycles. The van der Waals surface area contributed by atoms with Crippen LogP contribution < -0.4 is 0 Å². The second-order valence-electron chi connectivity index (χ2n) is 3.86. The van der Waals surface area contributed by atoms with Crippen molar-refractivity contribution in [2.45, 2.75) is 6.92 Å². The molecule has 18 heavy (non-hydrogen) atoms. The summed E-state index contributed by atoms with van der Waals surface area (Å²) in [6, 6.07) is 8.37. The summed E-state index contributed by atoms with van der Waals surface area (Å²) >= 11 is 0. The van der Waals surface area contributed by atoms with Gasteiger partial charge in [-0.1, -0.05) is 5.16 Å². The largest absolute Gasteiger partial charge is 0.508 e. The maximum absolute atomic E-state index is 9.22. The maximum Gasteiger partial charge on any atom is 0.258 e. The van der Waals surface area contributed by atoms with Crippen molar-refractivity contribution in [2.75, 3.05) is 0 Å². The van der Waals surface area contributed by atoms with E-state index in [1.54, 1.807) is 36.6 Å². The molecule has 5 nitrogen and oxygen atoms in total. The van der Waals surface area contributed by atoms with Gasteiger partial charge in [0.25, 0.3) is 5.89 Å². The average Bonchev–Trinajstić information content (AvgIpc) is 2.98. The summed E-state index contributed by atoms with van der Waals surface area (Å²) in [7, 11) is 0. The summed E-state index contributed by atoms with van der Waals surface area (Å²) in [6.45, 7) is 1.84. The van der Waals surface area contributed by atoms with Gasteiger partial charge in [0.2, 0.25) is 5.82 Å². The summed E-state index contributed by atoms with van der Waals surface area (Å²) in [4.78, 5) is 4.29. The van der Waals surface area contributed by atoms with Gasteiger partial charge in [-0.05, 0) is 37.3 Å². The molecule has 1 N–H and O–H groups in total. The molecule has 0 saturated heterocycles. The molecule has 0 aliphatic carbocycles. The van der Waals surface area contributed by atoms with Crippen LogP contribution in [0.5, 0.6) is 5.75 Å². The highest BCUT2D eigenvalue weighted by Crippen LogP contribution is 2.25. The molecule has 90 valence electrons. The number of benzene rings is 1. The van der Waals surface area contributed by atoms with Gasteiger partial charge in [0.05, 0.1) is 11.8 Å². The Bertz CT molecular complexity index is 668. The first kappa shape index (κ1) is 10.6. The average molecular weight is 242 g/mol. The zero-order chi connectivity index (χ0) is 12.5. The van der Waals surface area contributed by atoms with E-state index in [-0.39, 0.29) is 5.75 Å². The molecular weight excluding hydrogens is 232 g/mol. The van der Waals surface area contributed by atoms with E-state index in [4.69, 9.17) is 8.94 Å². The standard InChI is InChI=1S/C13H10N2O3/c1-8-11(6-7-17-8)12-14-13(18-15-12)9-2-4-10(16)5-3-9/h2-7,16H,1H3.